The second-order valence-corrected chi connectivity index (χ2v) is 8.18. The summed E-state index contributed by atoms with van der Waals surface area (Å²) in [5.41, 5.74) is -0.490. The van der Waals surface area contributed by atoms with Crippen LogP contribution in [-0.2, 0) is 14.4 Å². The molecule has 0 aromatic carbocycles. The molecule has 0 rings (SSSR count). The van der Waals surface area contributed by atoms with Gasteiger partial charge in [0.15, 0.2) is 0 Å². The van der Waals surface area contributed by atoms with Gasteiger partial charge in [-0.25, -0.2) is 0 Å². The molecule has 6 nitrogen and oxygen atoms in total. The van der Waals surface area contributed by atoms with Crippen LogP contribution in [-0.4, -0.2) is 47.8 Å². The zero-order valence-corrected chi connectivity index (χ0v) is 18.3. The molecule has 0 radical (unpaired) electrons. The first-order chi connectivity index (χ1) is 12.6. The van der Waals surface area contributed by atoms with E-state index in [1.165, 1.54) is 0 Å². The topological polar surface area (TPSA) is 78.5 Å². The Bertz CT molecular complexity index is 462. The fourth-order valence-electron chi connectivity index (χ4n) is 2.90. The Morgan fingerprint density at radius 1 is 0.889 bits per heavy atom. The molecule has 3 amide bonds. The van der Waals surface area contributed by atoms with Gasteiger partial charge in [0.2, 0.25) is 17.7 Å². The summed E-state index contributed by atoms with van der Waals surface area (Å²) in [4.78, 5) is 37.7. The minimum atomic E-state index is -0.490. The van der Waals surface area contributed by atoms with Gasteiger partial charge in [0, 0.05) is 44.4 Å². The van der Waals surface area contributed by atoms with E-state index in [0.717, 1.165) is 25.7 Å². The first-order valence-corrected chi connectivity index (χ1v) is 10.5. The Hall–Kier alpha value is -1.59. The van der Waals surface area contributed by atoms with Gasteiger partial charge in [-0.05, 0) is 45.4 Å². The maximum Gasteiger partial charge on any atom is 0.222 e. The summed E-state index contributed by atoms with van der Waals surface area (Å²) < 4.78 is 0. The van der Waals surface area contributed by atoms with Crippen LogP contribution in [0.15, 0.2) is 0 Å². The molecule has 0 bridgehead atoms. The number of nitrogens with zero attached hydrogens (tertiary/aromatic N) is 1. The highest BCUT2D eigenvalue weighted by atomic mass is 16.2. The third-order valence-corrected chi connectivity index (χ3v) is 4.68. The number of unbranched alkanes of at least 4 members (excludes halogenated alkanes) is 2. The van der Waals surface area contributed by atoms with Crippen molar-refractivity contribution in [2.75, 3.05) is 19.6 Å². The third kappa shape index (κ3) is 11.7. The van der Waals surface area contributed by atoms with Gasteiger partial charge < -0.3 is 15.5 Å². The van der Waals surface area contributed by atoms with E-state index in [1.54, 1.807) is 0 Å². The average Bonchev–Trinajstić information content (AvgIpc) is 2.59. The molecule has 0 atom stereocenters. The largest absolute Gasteiger partial charge is 0.356 e. The number of carbonyl (C=O) groups is 3. The summed E-state index contributed by atoms with van der Waals surface area (Å²) >= 11 is 0. The quantitative estimate of drug-likeness (QED) is 0.452. The van der Waals surface area contributed by atoms with Crippen molar-refractivity contribution < 1.29 is 14.4 Å². The Labute approximate surface area is 165 Å². The number of carbonyl (C=O) groups excluding carboxylic acids is 3. The van der Waals surface area contributed by atoms with E-state index in [1.807, 2.05) is 32.6 Å². The van der Waals surface area contributed by atoms with Crippen molar-refractivity contribution in [2.24, 2.45) is 5.92 Å². The SMILES string of the molecule is CCC(=O)NCCCCCNC(=O)CC(C)(C)N(CCC(C)C)C(=O)CC. The summed E-state index contributed by atoms with van der Waals surface area (Å²) in [5.74, 6) is 0.679. The van der Waals surface area contributed by atoms with Crippen molar-refractivity contribution in [3.63, 3.8) is 0 Å². The van der Waals surface area contributed by atoms with E-state index < -0.39 is 5.54 Å². The minimum Gasteiger partial charge on any atom is -0.356 e. The molecular weight excluding hydrogens is 342 g/mol. The van der Waals surface area contributed by atoms with E-state index in [9.17, 15) is 14.4 Å². The van der Waals surface area contributed by atoms with E-state index in [4.69, 9.17) is 0 Å². The second kappa shape index (κ2) is 13.6. The minimum absolute atomic E-state index is 0.0160. The van der Waals surface area contributed by atoms with Crippen molar-refractivity contribution in [3.8, 4) is 0 Å². The second-order valence-electron chi connectivity index (χ2n) is 8.18. The summed E-state index contributed by atoms with van der Waals surface area (Å²) in [7, 11) is 0. The van der Waals surface area contributed by atoms with Crippen LogP contribution in [0.2, 0.25) is 0 Å². The summed E-state index contributed by atoms with van der Waals surface area (Å²) in [5, 5.41) is 5.81. The Morgan fingerprint density at radius 3 is 1.93 bits per heavy atom. The number of amides is 3. The van der Waals surface area contributed by atoms with Crippen molar-refractivity contribution in [1.82, 2.24) is 15.5 Å². The van der Waals surface area contributed by atoms with Gasteiger partial charge in [-0.2, -0.15) is 0 Å². The maximum absolute atomic E-state index is 12.3. The van der Waals surface area contributed by atoms with Crippen LogP contribution < -0.4 is 10.6 Å². The zero-order chi connectivity index (χ0) is 20.9. The highest BCUT2D eigenvalue weighted by Crippen LogP contribution is 2.21. The van der Waals surface area contributed by atoms with Crippen molar-refractivity contribution in [3.05, 3.63) is 0 Å². The molecule has 0 aliphatic carbocycles. The molecular formula is C21H41N3O3. The average molecular weight is 384 g/mol. The predicted molar refractivity (Wildman–Crippen MR) is 110 cm³/mol. The standard InChI is InChI=1S/C21H41N3O3/c1-7-18(25)22-13-10-9-11-14-23-19(26)16-21(5,6)24(20(27)8-2)15-12-17(3)4/h17H,7-16H2,1-6H3,(H,22,25)(H,23,26). The molecule has 6 heteroatoms. The fraction of sp³-hybridized carbons (Fsp3) is 0.857. The fourth-order valence-corrected chi connectivity index (χ4v) is 2.90. The lowest BCUT2D eigenvalue weighted by atomic mass is 9.95. The van der Waals surface area contributed by atoms with Crippen LogP contribution >= 0.6 is 0 Å². The molecule has 2 N–H and O–H groups in total. The lowest BCUT2D eigenvalue weighted by molar-refractivity contribution is -0.138. The van der Waals surface area contributed by atoms with Gasteiger partial charge in [-0.3, -0.25) is 14.4 Å². The molecule has 0 aromatic rings. The number of rotatable bonds is 14. The van der Waals surface area contributed by atoms with E-state index in [2.05, 4.69) is 24.5 Å². The molecule has 0 unspecified atom stereocenters. The number of hydrogen-bond acceptors (Lipinski definition) is 3. The Morgan fingerprint density at radius 2 is 1.44 bits per heavy atom. The highest BCUT2D eigenvalue weighted by molar-refractivity contribution is 5.80. The van der Waals surface area contributed by atoms with Crippen LogP contribution in [0.25, 0.3) is 0 Å². The van der Waals surface area contributed by atoms with Gasteiger partial charge in [0.25, 0.3) is 0 Å². The van der Waals surface area contributed by atoms with Crippen LogP contribution in [0.1, 0.15) is 86.5 Å². The predicted octanol–water partition coefficient (Wildman–Crippen LogP) is 3.25. The van der Waals surface area contributed by atoms with Crippen molar-refractivity contribution in [2.45, 2.75) is 92.0 Å². The normalized spacial score (nSPS) is 11.4. The monoisotopic (exact) mass is 383 g/mol. The van der Waals surface area contributed by atoms with Crippen molar-refractivity contribution in [1.29, 1.82) is 0 Å². The van der Waals surface area contributed by atoms with Gasteiger partial charge in [0.05, 0.1) is 0 Å². The van der Waals surface area contributed by atoms with Gasteiger partial charge in [0.1, 0.15) is 0 Å². The first kappa shape index (κ1) is 25.4. The molecule has 0 aliphatic rings. The van der Waals surface area contributed by atoms with E-state index >= 15 is 0 Å². The molecule has 0 fully saturated rings. The van der Waals surface area contributed by atoms with Crippen molar-refractivity contribution >= 4 is 17.7 Å². The van der Waals surface area contributed by atoms with Crippen LogP contribution in [0.3, 0.4) is 0 Å². The zero-order valence-electron chi connectivity index (χ0n) is 18.3. The van der Waals surface area contributed by atoms with E-state index in [0.29, 0.717) is 44.8 Å². The number of hydrogen-bond donors (Lipinski definition) is 2. The maximum atomic E-state index is 12.3. The van der Waals surface area contributed by atoms with E-state index in [-0.39, 0.29) is 17.7 Å². The molecule has 0 saturated heterocycles. The molecule has 0 spiro atoms. The molecule has 158 valence electrons. The van der Waals surface area contributed by atoms with Gasteiger partial charge in [-0.15, -0.1) is 0 Å². The molecule has 0 aromatic heterocycles. The van der Waals surface area contributed by atoms with Gasteiger partial charge >= 0.3 is 0 Å². The smallest absolute Gasteiger partial charge is 0.222 e. The lowest BCUT2D eigenvalue weighted by Gasteiger charge is -2.39. The molecule has 0 heterocycles. The van der Waals surface area contributed by atoms with Crippen LogP contribution in [0, 0.1) is 5.92 Å². The lowest BCUT2D eigenvalue weighted by Crippen LogP contribution is -2.50. The summed E-state index contributed by atoms with van der Waals surface area (Å²) in [6, 6.07) is 0. The van der Waals surface area contributed by atoms with Crippen LogP contribution in [0.4, 0.5) is 0 Å². The number of nitrogens with one attached hydrogen (secondary N) is 2. The molecule has 0 saturated carbocycles. The third-order valence-electron chi connectivity index (χ3n) is 4.68. The molecule has 27 heavy (non-hydrogen) atoms. The first-order valence-electron chi connectivity index (χ1n) is 10.5. The summed E-state index contributed by atoms with van der Waals surface area (Å²) in [6.45, 7) is 13.9. The van der Waals surface area contributed by atoms with Gasteiger partial charge in [-0.1, -0.05) is 27.7 Å². The Balaban J connectivity index is 4.26. The van der Waals surface area contributed by atoms with Crippen LogP contribution in [0.5, 0.6) is 0 Å². The highest BCUT2D eigenvalue weighted by Gasteiger charge is 2.32. The Kier molecular flexibility index (Phi) is 12.8. The summed E-state index contributed by atoms with van der Waals surface area (Å²) in [6.07, 6.45) is 4.98. The molecule has 0 aliphatic heterocycles.